The first-order valence-corrected chi connectivity index (χ1v) is 28.7. The Balaban J connectivity index is -0.0000000258. The molecule has 0 saturated heterocycles. The molecule has 1 N–H and O–H groups in total. The summed E-state index contributed by atoms with van der Waals surface area (Å²) < 4.78 is 43.5. The van der Waals surface area contributed by atoms with E-state index in [4.69, 9.17) is 0 Å². The number of fused-ring (bicyclic) bond motifs is 1. The van der Waals surface area contributed by atoms with Crippen LogP contribution in [0, 0.1) is 0 Å². The molecule has 0 saturated carbocycles. The Bertz CT molecular complexity index is 1620. The van der Waals surface area contributed by atoms with Gasteiger partial charge in [-0.1, -0.05) is 395 Å². The van der Waals surface area contributed by atoms with Crippen LogP contribution in [-0.4, -0.2) is 54.8 Å². The quantitative estimate of drug-likeness (QED) is 0.0750. The van der Waals surface area contributed by atoms with Gasteiger partial charge in [0, 0.05) is 22.7 Å². The molecule has 484 valence electrons. The van der Waals surface area contributed by atoms with E-state index in [2.05, 4.69) is 143 Å². The molecule has 8 heteroatoms. The van der Waals surface area contributed by atoms with Gasteiger partial charge < -0.3 is 0 Å². The Labute approximate surface area is 502 Å². The zero-order valence-corrected chi connectivity index (χ0v) is 44.7. The summed E-state index contributed by atoms with van der Waals surface area (Å²) in [5, 5.41) is 2.62. The lowest BCUT2D eigenvalue weighted by atomic mass is 10.1. The first-order chi connectivity index (χ1) is 30.7. The highest BCUT2D eigenvalue weighted by atomic mass is 32.2. The highest BCUT2D eigenvalue weighted by molar-refractivity contribution is 7.88. The predicted molar refractivity (Wildman–Crippen MR) is 389 cm³/mol. The molecular formula is C69H162N2O4S2. The van der Waals surface area contributed by atoms with Crippen LogP contribution in [0.4, 0.5) is 0 Å². The van der Waals surface area contributed by atoms with Gasteiger partial charge in [-0.2, -0.15) is 0 Å². The van der Waals surface area contributed by atoms with E-state index in [0.717, 1.165) is 16.8 Å². The second-order valence-electron chi connectivity index (χ2n) is 16.7. The number of nitrogens with zero attached hydrogens (tertiary/aromatic N) is 1. The Morgan fingerprint density at radius 2 is 0.481 bits per heavy atom. The van der Waals surface area contributed by atoms with Gasteiger partial charge in [0.1, 0.15) is 0 Å². The summed E-state index contributed by atoms with van der Waals surface area (Å²) in [5.41, 5.74) is 2.55. The zero-order valence-electron chi connectivity index (χ0n) is 43.1. The van der Waals surface area contributed by atoms with Crippen LogP contribution in [0.3, 0.4) is 0 Å². The summed E-state index contributed by atoms with van der Waals surface area (Å²) in [6.07, 6.45) is 35.4. The van der Waals surface area contributed by atoms with E-state index in [-0.39, 0.29) is 105 Å². The van der Waals surface area contributed by atoms with Crippen molar-refractivity contribution in [1.29, 1.82) is 0 Å². The molecular weight excluding hydrogens is 985 g/mol. The lowest BCUT2D eigenvalue weighted by molar-refractivity contribution is 0.527. The lowest BCUT2D eigenvalue weighted by Gasteiger charge is -2.02. The minimum Gasteiger partial charge on any atom is -0.219 e. The summed E-state index contributed by atoms with van der Waals surface area (Å²) in [4.78, 5) is 0. The Hall–Kier alpha value is -3.04. The molecule has 0 atom stereocenters. The van der Waals surface area contributed by atoms with Crippen molar-refractivity contribution in [2.24, 2.45) is 0 Å². The van der Waals surface area contributed by atoms with Gasteiger partial charge in [-0.3, -0.25) is 0 Å². The summed E-state index contributed by atoms with van der Waals surface area (Å²) >= 11 is 0. The van der Waals surface area contributed by atoms with E-state index < -0.39 is 20.0 Å². The van der Waals surface area contributed by atoms with Gasteiger partial charge in [0.25, 0.3) is 0 Å². The van der Waals surface area contributed by atoms with Crippen molar-refractivity contribution in [3.63, 3.8) is 0 Å². The van der Waals surface area contributed by atoms with Crippen LogP contribution in [-0.2, 0) is 20.0 Å². The fraction of sp³-hybridized carbons (Fsp3) is 0.681. The molecule has 0 aromatic heterocycles. The molecule has 0 radical (unpaired) electrons. The summed E-state index contributed by atoms with van der Waals surface area (Å²) in [6.45, 7) is 13.4. The van der Waals surface area contributed by atoms with E-state index in [0.29, 0.717) is 0 Å². The van der Waals surface area contributed by atoms with Crippen molar-refractivity contribution in [2.45, 2.75) is 286 Å². The SMILES string of the molecule is C.C.C.C.C.C.C.C.C.C.C.C.C.CCC.CCCCCCCCCCCCC.CCCCCCCCCCCCC.CN(C)S(C)(=O)=O.CNS(C)(=O)=O.[HH].[HH].[HH].[HH].[HH].[HH].c1ccc(-c2ccccc2)cc1.c1ccc2ccccc2c1. The molecule has 0 fully saturated rings. The van der Waals surface area contributed by atoms with E-state index >= 15 is 0 Å². The Morgan fingerprint density at radius 3 is 0.610 bits per heavy atom. The molecule has 77 heavy (non-hydrogen) atoms. The number of hydrogen-bond donors (Lipinski definition) is 1. The average molecular weight is 1150 g/mol. The van der Waals surface area contributed by atoms with Gasteiger partial charge in [-0.05, 0) is 28.9 Å². The van der Waals surface area contributed by atoms with E-state index in [1.54, 1.807) is 0 Å². The highest BCUT2D eigenvalue weighted by Crippen LogP contribution is 2.17. The molecule has 4 aromatic rings. The topological polar surface area (TPSA) is 83.6 Å². The van der Waals surface area contributed by atoms with E-state index in [1.807, 2.05) is 12.1 Å². The number of unbranched alkanes of at least 4 members (excludes halogenated alkanes) is 20. The number of nitrogens with one attached hydrogen (secondary N) is 1. The zero-order chi connectivity index (χ0) is 48.6. The Kier molecular flexibility index (Phi) is 132. The standard InChI is InChI=1S/2C13H28.C12H10.C10H8.C3H9NO2S.C3H8.C2H7NO2S.13CH4.6H2/c2*1-3-5-7-9-11-13-12-10-8-6-4-2;1-3-7-11(8-4-1)12-9-5-2-6-10-12;1-2-6-10-8-4-3-7-9(10)5-1;1-4(2)7(3,5)6;1-3-2;1-3-6(2,4)5;;;;;;;;;;;;;;;;;;;/h2*3-13H2,1-2H3;1-10H;1-8H;1-3H3;3H2,1-2H3;3H,1-2H3;13*1H4;6*1H. The largest absolute Gasteiger partial charge is 0.219 e. The third-order valence-electron chi connectivity index (χ3n) is 9.99. The summed E-state index contributed by atoms with van der Waals surface area (Å²) in [7, 11) is -1.46. The van der Waals surface area contributed by atoms with Crippen LogP contribution in [0.2, 0.25) is 0 Å². The van der Waals surface area contributed by atoms with Crippen LogP contribution in [0.15, 0.2) is 109 Å². The maximum absolute atomic E-state index is 10.3. The molecule has 0 unspecified atom stereocenters. The van der Waals surface area contributed by atoms with Gasteiger partial charge in [0.2, 0.25) is 20.0 Å². The third-order valence-corrected chi connectivity index (χ3v) is 12.1. The average Bonchev–Trinajstić information content (AvgIpc) is 3.29. The van der Waals surface area contributed by atoms with Crippen molar-refractivity contribution in [3.05, 3.63) is 109 Å². The van der Waals surface area contributed by atoms with Gasteiger partial charge in [0.05, 0.1) is 12.5 Å². The predicted octanol–water partition coefficient (Wildman–Crippen LogP) is 26.7. The number of rotatable bonds is 23. The van der Waals surface area contributed by atoms with Crippen LogP contribution < -0.4 is 4.72 Å². The number of benzene rings is 4. The normalized spacial score (nSPS) is 8.68. The minimum absolute atomic E-state index is 0. The molecule has 4 rings (SSSR count). The third kappa shape index (κ3) is 89.8. The first-order valence-electron chi connectivity index (χ1n) is 25.0. The summed E-state index contributed by atoms with van der Waals surface area (Å²) in [6, 6.07) is 37.5. The molecule has 0 aliphatic carbocycles. The van der Waals surface area contributed by atoms with E-state index in [1.165, 1.54) is 191 Å². The first kappa shape index (κ1) is 117. The fourth-order valence-corrected chi connectivity index (χ4v) is 5.87. The molecule has 0 amide bonds. The molecule has 4 aromatic carbocycles. The summed E-state index contributed by atoms with van der Waals surface area (Å²) in [5.74, 6) is 0. The molecule has 0 bridgehead atoms. The number of hydrogen-bond acceptors (Lipinski definition) is 4. The molecule has 0 spiro atoms. The van der Waals surface area contributed by atoms with Crippen molar-refractivity contribution in [1.82, 2.24) is 9.03 Å². The Morgan fingerprint density at radius 1 is 0.338 bits per heavy atom. The minimum atomic E-state index is -2.91. The smallest absolute Gasteiger partial charge is 0.210 e. The van der Waals surface area contributed by atoms with Crippen molar-refractivity contribution in [3.8, 4) is 11.1 Å². The molecule has 6 nitrogen and oxygen atoms in total. The van der Waals surface area contributed by atoms with Crippen molar-refractivity contribution >= 4 is 30.8 Å². The molecule has 0 heterocycles. The van der Waals surface area contributed by atoms with Gasteiger partial charge in [-0.25, -0.2) is 25.9 Å². The lowest BCUT2D eigenvalue weighted by Crippen LogP contribution is -2.19. The van der Waals surface area contributed by atoms with Crippen molar-refractivity contribution < 1.29 is 25.4 Å². The van der Waals surface area contributed by atoms with Gasteiger partial charge in [-0.15, -0.1) is 0 Å². The van der Waals surface area contributed by atoms with Crippen LogP contribution in [0.5, 0.6) is 0 Å². The van der Waals surface area contributed by atoms with Crippen LogP contribution in [0.1, 0.15) is 294 Å². The monoisotopic (exact) mass is 1150 g/mol. The van der Waals surface area contributed by atoms with Crippen LogP contribution >= 0.6 is 0 Å². The highest BCUT2D eigenvalue weighted by Gasteiger charge is 2.01. The second-order valence-corrected chi connectivity index (χ2v) is 20.8. The van der Waals surface area contributed by atoms with Crippen molar-refractivity contribution in [2.75, 3.05) is 33.7 Å². The maximum atomic E-state index is 10.3. The number of sulfonamides is 2. The van der Waals surface area contributed by atoms with Gasteiger partial charge in [0.15, 0.2) is 0 Å². The maximum Gasteiger partial charge on any atom is 0.210 e. The van der Waals surface area contributed by atoms with Crippen LogP contribution in [0.25, 0.3) is 21.9 Å². The van der Waals surface area contributed by atoms with Gasteiger partial charge >= 0.3 is 0 Å². The molecule has 0 aliphatic heterocycles. The van der Waals surface area contributed by atoms with E-state index in [9.17, 15) is 16.8 Å². The molecule has 0 aliphatic rings. The fourth-order valence-electron chi connectivity index (χ4n) is 5.87. The second kappa shape index (κ2) is 86.8.